The smallest absolute Gasteiger partial charge is 0.377 e. The normalized spacial score (nSPS) is 12.7. The van der Waals surface area contributed by atoms with E-state index in [2.05, 4.69) is 10.1 Å². The van der Waals surface area contributed by atoms with Crippen LogP contribution < -0.4 is 5.73 Å². The Labute approximate surface area is 81.1 Å². The highest BCUT2D eigenvalue weighted by Gasteiger charge is 2.19. The number of rotatable bonds is 5. The Hall–Kier alpha value is -1.43. The molecule has 0 fully saturated rings. The van der Waals surface area contributed by atoms with E-state index < -0.39 is 5.97 Å². The van der Waals surface area contributed by atoms with Crippen LogP contribution in [0.2, 0.25) is 0 Å². The van der Waals surface area contributed by atoms with Crippen molar-refractivity contribution < 1.29 is 14.4 Å². The van der Waals surface area contributed by atoms with Crippen LogP contribution in [-0.4, -0.2) is 27.8 Å². The summed E-state index contributed by atoms with van der Waals surface area (Å²) in [6.07, 6.45) is 1.75. The second-order valence-corrected chi connectivity index (χ2v) is 2.98. The lowest BCUT2D eigenvalue weighted by molar-refractivity contribution is 0.0680. The number of nitrogens with two attached hydrogens (primary N) is 1. The van der Waals surface area contributed by atoms with Gasteiger partial charge in [0.05, 0.1) is 5.92 Å². The molecule has 1 aromatic rings. The predicted octanol–water partition coefficient (Wildman–Crippen LogP) is 0.610. The van der Waals surface area contributed by atoms with Crippen LogP contribution in [-0.2, 0) is 0 Å². The number of aromatic nitrogens is 2. The van der Waals surface area contributed by atoms with Crippen LogP contribution in [0, 0.1) is 0 Å². The number of hydrogen-bond acceptors (Lipinski definition) is 5. The summed E-state index contributed by atoms with van der Waals surface area (Å²) in [6.45, 7) is 2.40. The highest BCUT2D eigenvalue weighted by molar-refractivity contribution is 5.82. The Balaban J connectivity index is 2.78. The van der Waals surface area contributed by atoms with E-state index in [-0.39, 0.29) is 11.7 Å². The van der Waals surface area contributed by atoms with E-state index in [4.69, 9.17) is 15.4 Å². The average molecular weight is 199 g/mol. The topological polar surface area (TPSA) is 102 Å². The van der Waals surface area contributed by atoms with E-state index in [0.717, 1.165) is 12.8 Å². The van der Waals surface area contributed by atoms with E-state index in [1.165, 1.54) is 0 Å². The molecule has 0 spiro atoms. The van der Waals surface area contributed by atoms with E-state index >= 15 is 0 Å². The van der Waals surface area contributed by atoms with E-state index in [1.807, 2.05) is 6.92 Å². The molecule has 0 saturated carbocycles. The Morgan fingerprint density at radius 3 is 2.86 bits per heavy atom. The molecule has 6 heteroatoms. The van der Waals surface area contributed by atoms with Crippen molar-refractivity contribution in [3.8, 4) is 0 Å². The highest BCUT2D eigenvalue weighted by atomic mass is 16.5. The van der Waals surface area contributed by atoms with Crippen molar-refractivity contribution in [2.24, 2.45) is 5.73 Å². The molecule has 78 valence electrons. The van der Waals surface area contributed by atoms with Crippen LogP contribution in [0.1, 0.15) is 42.2 Å². The fourth-order valence-electron chi connectivity index (χ4n) is 1.18. The molecule has 1 aromatic heterocycles. The quantitative estimate of drug-likeness (QED) is 0.720. The third-order valence-corrected chi connectivity index (χ3v) is 1.90. The molecular weight excluding hydrogens is 186 g/mol. The molecule has 0 aliphatic rings. The highest BCUT2D eigenvalue weighted by Crippen LogP contribution is 2.17. The summed E-state index contributed by atoms with van der Waals surface area (Å²) in [7, 11) is 0. The molecule has 0 radical (unpaired) electrons. The number of hydrogen-bond donors (Lipinski definition) is 2. The van der Waals surface area contributed by atoms with Gasteiger partial charge in [0, 0.05) is 6.54 Å². The van der Waals surface area contributed by atoms with E-state index in [0.29, 0.717) is 12.4 Å². The molecule has 0 aliphatic heterocycles. The first-order valence-electron chi connectivity index (χ1n) is 4.46. The summed E-state index contributed by atoms with van der Waals surface area (Å²) in [5.74, 6) is -1.23. The van der Waals surface area contributed by atoms with Crippen molar-refractivity contribution in [3.63, 3.8) is 0 Å². The fourth-order valence-corrected chi connectivity index (χ4v) is 1.18. The molecule has 1 heterocycles. The average Bonchev–Trinajstić information content (AvgIpc) is 2.63. The number of carbonyl (C=O) groups is 1. The number of aromatic carboxylic acids is 1. The van der Waals surface area contributed by atoms with Gasteiger partial charge in [-0.2, -0.15) is 4.98 Å². The Kier molecular flexibility index (Phi) is 3.58. The van der Waals surface area contributed by atoms with Gasteiger partial charge < -0.3 is 15.4 Å². The minimum atomic E-state index is -1.19. The van der Waals surface area contributed by atoms with Crippen molar-refractivity contribution in [2.45, 2.75) is 25.7 Å². The van der Waals surface area contributed by atoms with Crippen LogP contribution in [0.15, 0.2) is 4.52 Å². The van der Waals surface area contributed by atoms with Gasteiger partial charge in [0.1, 0.15) is 0 Å². The molecular formula is C8H13N3O3. The largest absolute Gasteiger partial charge is 0.475 e. The van der Waals surface area contributed by atoms with E-state index in [9.17, 15) is 4.79 Å². The van der Waals surface area contributed by atoms with Gasteiger partial charge in [0.2, 0.25) is 5.89 Å². The molecule has 1 unspecified atom stereocenters. The number of carboxylic acid groups (broad SMARTS) is 1. The first-order chi connectivity index (χ1) is 6.69. The van der Waals surface area contributed by atoms with Gasteiger partial charge in [0.15, 0.2) is 0 Å². The van der Waals surface area contributed by atoms with Gasteiger partial charge in [-0.25, -0.2) is 4.79 Å². The molecule has 0 amide bonds. The van der Waals surface area contributed by atoms with Crippen LogP contribution >= 0.6 is 0 Å². The summed E-state index contributed by atoms with van der Waals surface area (Å²) in [5, 5.41) is 11.9. The molecule has 1 rings (SSSR count). The molecule has 0 bridgehead atoms. The maximum absolute atomic E-state index is 10.5. The first kappa shape index (κ1) is 10.6. The van der Waals surface area contributed by atoms with Crippen LogP contribution in [0.25, 0.3) is 0 Å². The Bertz CT molecular complexity index is 311. The van der Waals surface area contributed by atoms with E-state index in [1.54, 1.807) is 0 Å². The molecule has 6 nitrogen and oxygen atoms in total. The Morgan fingerprint density at radius 2 is 2.43 bits per heavy atom. The molecule has 14 heavy (non-hydrogen) atoms. The van der Waals surface area contributed by atoms with Gasteiger partial charge >= 0.3 is 5.97 Å². The fraction of sp³-hybridized carbons (Fsp3) is 0.625. The number of nitrogens with zero attached hydrogens (tertiary/aromatic N) is 2. The molecule has 0 aliphatic carbocycles. The third kappa shape index (κ3) is 2.29. The van der Waals surface area contributed by atoms with Crippen molar-refractivity contribution in [1.82, 2.24) is 10.1 Å². The summed E-state index contributed by atoms with van der Waals surface area (Å²) in [6, 6.07) is 0. The SMILES string of the molecule is CCCC(CN)c1nc(C(=O)O)no1. The second kappa shape index (κ2) is 4.71. The Morgan fingerprint density at radius 1 is 1.71 bits per heavy atom. The van der Waals surface area contributed by atoms with Crippen LogP contribution in [0.5, 0.6) is 0 Å². The van der Waals surface area contributed by atoms with Gasteiger partial charge in [0.25, 0.3) is 5.82 Å². The molecule has 1 atom stereocenters. The second-order valence-electron chi connectivity index (χ2n) is 2.98. The van der Waals surface area contributed by atoms with Crippen molar-refractivity contribution >= 4 is 5.97 Å². The minimum absolute atomic E-state index is 0.0411. The summed E-state index contributed by atoms with van der Waals surface area (Å²) in [4.78, 5) is 14.2. The zero-order chi connectivity index (χ0) is 10.6. The maximum atomic E-state index is 10.5. The lowest BCUT2D eigenvalue weighted by Gasteiger charge is -2.06. The summed E-state index contributed by atoms with van der Waals surface area (Å²) < 4.78 is 4.81. The van der Waals surface area contributed by atoms with Gasteiger partial charge in [-0.05, 0) is 11.6 Å². The van der Waals surface area contributed by atoms with Crippen LogP contribution in [0.3, 0.4) is 0 Å². The lowest BCUT2D eigenvalue weighted by Crippen LogP contribution is -2.13. The summed E-state index contributed by atoms with van der Waals surface area (Å²) in [5.41, 5.74) is 5.50. The van der Waals surface area contributed by atoms with Gasteiger partial charge in [-0.3, -0.25) is 0 Å². The predicted molar refractivity (Wildman–Crippen MR) is 48.0 cm³/mol. The molecule has 0 saturated heterocycles. The lowest BCUT2D eigenvalue weighted by atomic mass is 10.0. The van der Waals surface area contributed by atoms with Crippen molar-refractivity contribution in [1.29, 1.82) is 0 Å². The van der Waals surface area contributed by atoms with Crippen molar-refractivity contribution in [3.05, 3.63) is 11.7 Å². The minimum Gasteiger partial charge on any atom is -0.475 e. The van der Waals surface area contributed by atoms with Crippen LogP contribution in [0.4, 0.5) is 0 Å². The standard InChI is InChI=1S/C8H13N3O3/c1-2-3-5(4-9)7-10-6(8(12)13)11-14-7/h5H,2-4,9H2,1H3,(H,12,13). The zero-order valence-electron chi connectivity index (χ0n) is 7.93. The van der Waals surface area contributed by atoms with Gasteiger partial charge in [-0.1, -0.05) is 13.3 Å². The molecule has 3 N–H and O–H groups in total. The zero-order valence-corrected chi connectivity index (χ0v) is 7.93. The number of carboxylic acids is 1. The maximum Gasteiger partial charge on any atom is 0.377 e. The monoisotopic (exact) mass is 199 g/mol. The van der Waals surface area contributed by atoms with Gasteiger partial charge in [-0.15, -0.1) is 0 Å². The van der Waals surface area contributed by atoms with Crippen molar-refractivity contribution in [2.75, 3.05) is 6.54 Å². The third-order valence-electron chi connectivity index (χ3n) is 1.90. The first-order valence-corrected chi connectivity index (χ1v) is 4.46. The molecule has 0 aromatic carbocycles. The summed E-state index contributed by atoms with van der Waals surface area (Å²) >= 11 is 0.